The van der Waals surface area contributed by atoms with Gasteiger partial charge < -0.3 is 5.73 Å². The molecular formula is C13H10FN3O2S. The number of nitrogens with one attached hydrogen (secondary N) is 1. The van der Waals surface area contributed by atoms with Crippen molar-refractivity contribution in [1.29, 1.82) is 5.41 Å². The predicted molar refractivity (Wildman–Crippen MR) is 74.6 cm³/mol. The molecule has 0 saturated carbocycles. The first-order valence-electron chi connectivity index (χ1n) is 5.54. The average Bonchev–Trinajstić information content (AvgIpc) is 2.41. The van der Waals surface area contributed by atoms with E-state index >= 15 is 0 Å². The highest BCUT2D eigenvalue weighted by Gasteiger charge is 2.16. The molecule has 5 nitrogen and oxygen atoms in total. The van der Waals surface area contributed by atoms with E-state index in [-0.39, 0.29) is 17.1 Å². The number of nitro benzene ring substituents is 1. The minimum Gasteiger partial charge on any atom is -0.384 e. The molecule has 7 heteroatoms. The third-order valence-electron chi connectivity index (χ3n) is 2.51. The van der Waals surface area contributed by atoms with Crippen LogP contribution >= 0.6 is 11.8 Å². The van der Waals surface area contributed by atoms with E-state index in [9.17, 15) is 14.5 Å². The number of para-hydroxylation sites is 1. The van der Waals surface area contributed by atoms with Gasteiger partial charge in [0, 0.05) is 16.5 Å². The third-order valence-corrected chi connectivity index (χ3v) is 3.65. The number of nitrogens with zero attached hydrogens (tertiary/aromatic N) is 1. The number of benzene rings is 2. The quantitative estimate of drug-likeness (QED) is 0.391. The van der Waals surface area contributed by atoms with Gasteiger partial charge in [0.1, 0.15) is 11.7 Å². The number of hydrogen-bond acceptors (Lipinski definition) is 4. The molecule has 0 spiro atoms. The van der Waals surface area contributed by atoms with E-state index in [0.29, 0.717) is 9.79 Å². The Labute approximate surface area is 118 Å². The third kappa shape index (κ3) is 2.94. The highest BCUT2D eigenvalue weighted by molar-refractivity contribution is 7.99. The molecule has 0 aliphatic heterocycles. The first-order chi connectivity index (χ1) is 9.49. The maximum Gasteiger partial charge on any atom is 0.283 e. The lowest BCUT2D eigenvalue weighted by Crippen LogP contribution is -2.12. The van der Waals surface area contributed by atoms with Gasteiger partial charge in [0.2, 0.25) is 0 Å². The van der Waals surface area contributed by atoms with E-state index < -0.39 is 10.7 Å². The number of nitrogen functional groups attached to an aromatic ring is 1. The smallest absolute Gasteiger partial charge is 0.283 e. The zero-order valence-electron chi connectivity index (χ0n) is 10.2. The largest absolute Gasteiger partial charge is 0.384 e. The van der Waals surface area contributed by atoms with Crippen molar-refractivity contribution in [2.75, 3.05) is 0 Å². The Hall–Kier alpha value is -2.41. The second-order valence-corrected chi connectivity index (χ2v) is 4.96. The molecule has 0 aliphatic rings. The summed E-state index contributed by atoms with van der Waals surface area (Å²) in [6.07, 6.45) is 0. The molecule has 2 rings (SSSR count). The molecule has 0 fully saturated rings. The van der Waals surface area contributed by atoms with Crippen LogP contribution in [-0.4, -0.2) is 10.8 Å². The van der Waals surface area contributed by atoms with Gasteiger partial charge in [-0.2, -0.15) is 0 Å². The van der Waals surface area contributed by atoms with Gasteiger partial charge in [0.25, 0.3) is 5.69 Å². The number of halogens is 1. The Morgan fingerprint density at radius 3 is 2.60 bits per heavy atom. The summed E-state index contributed by atoms with van der Waals surface area (Å²) in [5.41, 5.74) is 5.58. The molecule has 0 aromatic heterocycles. The van der Waals surface area contributed by atoms with Crippen LogP contribution < -0.4 is 5.73 Å². The number of amidine groups is 1. The Bertz CT molecular complexity index is 691. The van der Waals surface area contributed by atoms with Crippen molar-refractivity contribution in [1.82, 2.24) is 0 Å². The Kier molecular flexibility index (Phi) is 3.99. The van der Waals surface area contributed by atoms with Gasteiger partial charge in [-0.25, -0.2) is 4.39 Å². The molecule has 0 atom stereocenters. The molecule has 0 heterocycles. The summed E-state index contributed by atoms with van der Waals surface area (Å²) >= 11 is 1.08. The van der Waals surface area contributed by atoms with Crippen molar-refractivity contribution in [3.63, 3.8) is 0 Å². The molecule has 0 saturated heterocycles. The van der Waals surface area contributed by atoms with Gasteiger partial charge >= 0.3 is 0 Å². The molecule has 20 heavy (non-hydrogen) atoms. The van der Waals surface area contributed by atoms with E-state index in [4.69, 9.17) is 11.1 Å². The molecule has 2 aromatic carbocycles. The summed E-state index contributed by atoms with van der Waals surface area (Å²) in [6.45, 7) is 0. The van der Waals surface area contributed by atoms with Gasteiger partial charge in [-0.05, 0) is 24.3 Å². The molecule has 0 aliphatic carbocycles. The summed E-state index contributed by atoms with van der Waals surface area (Å²) in [4.78, 5) is 11.4. The van der Waals surface area contributed by atoms with E-state index in [1.165, 1.54) is 18.2 Å². The molecule has 0 bridgehead atoms. The summed E-state index contributed by atoms with van der Waals surface area (Å²) in [7, 11) is 0. The van der Waals surface area contributed by atoms with Crippen LogP contribution in [0.4, 0.5) is 10.1 Å². The topological polar surface area (TPSA) is 93.0 Å². The van der Waals surface area contributed by atoms with Crippen molar-refractivity contribution in [2.24, 2.45) is 5.73 Å². The van der Waals surface area contributed by atoms with Gasteiger partial charge in [-0.1, -0.05) is 23.9 Å². The summed E-state index contributed by atoms with van der Waals surface area (Å²) < 4.78 is 13.2. The highest BCUT2D eigenvalue weighted by atomic mass is 32.2. The number of hydrogen-bond donors (Lipinski definition) is 2. The van der Waals surface area contributed by atoms with E-state index in [0.717, 1.165) is 17.8 Å². The minimum atomic E-state index is -0.512. The lowest BCUT2D eigenvalue weighted by molar-refractivity contribution is -0.387. The maximum atomic E-state index is 13.2. The Morgan fingerprint density at radius 1 is 1.25 bits per heavy atom. The van der Waals surface area contributed by atoms with Crippen LogP contribution in [0.1, 0.15) is 5.56 Å². The lowest BCUT2D eigenvalue weighted by Gasteiger charge is -2.08. The van der Waals surface area contributed by atoms with Crippen molar-refractivity contribution < 1.29 is 9.31 Å². The van der Waals surface area contributed by atoms with Crippen LogP contribution in [0.5, 0.6) is 0 Å². The molecule has 3 N–H and O–H groups in total. The van der Waals surface area contributed by atoms with Gasteiger partial charge in [-0.3, -0.25) is 15.5 Å². The summed E-state index contributed by atoms with van der Waals surface area (Å²) in [5, 5.41) is 18.4. The maximum absolute atomic E-state index is 13.2. The first-order valence-corrected chi connectivity index (χ1v) is 6.36. The van der Waals surface area contributed by atoms with Crippen LogP contribution in [0.2, 0.25) is 0 Å². The molecule has 0 unspecified atom stereocenters. The number of rotatable bonds is 4. The molecule has 0 radical (unpaired) electrons. The number of nitrogens with two attached hydrogens (primary N) is 1. The minimum absolute atomic E-state index is 0.0451. The lowest BCUT2D eigenvalue weighted by atomic mass is 10.2. The van der Waals surface area contributed by atoms with E-state index in [2.05, 4.69) is 0 Å². The van der Waals surface area contributed by atoms with E-state index in [1.54, 1.807) is 18.2 Å². The van der Waals surface area contributed by atoms with Crippen LogP contribution in [-0.2, 0) is 0 Å². The second kappa shape index (κ2) is 5.70. The fourth-order valence-corrected chi connectivity index (χ4v) is 2.66. The standard InChI is InChI=1S/C13H10FN3O2S/c14-8-5-6-11(9(7-8)13(15)16)20-12-4-2-1-3-10(12)17(18)19/h1-7H,(H3,15,16). The van der Waals surface area contributed by atoms with E-state index in [1.807, 2.05) is 0 Å². The van der Waals surface area contributed by atoms with Gasteiger partial charge in [-0.15, -0.1) is 0 Å². The highest BCUT2D eigenvalue weighted by Crippen LogP contribution is 2.36. The van der Waals surface area contributed by atoms with Gasteiger partial charge in [0.15, 0.2) is 0 Å². The first kappa shape index (κ1) is 14.0. The Morgan fingerprint density at radius 2 is 1.95 bits per heavy atom. The average molecular weight is 291 g/mol. The van der Waals surface area contributed by atoms with Crippen LogP contribution in [0.15, 0.2) is 52.3 Å². The summed E-state index contributed by atoms with van der Waals surface area (Å²) in [6, 6.07) is 10.0. The van der Waals surface area contributed by atoms with Crippen molar-refractivity contribution in [3.8, 4) is 0 Å². The van der Waals surface area contributed by atoms with Crippen LogP contribution in [0.25, 0.3) is 0 Å². The van der Waals surface area contributed by atoms with Crippen molar-refractivity contribution in [2.45, 2.75) is 9.79 Å². The molecule has 102 valence electrons. The van der Waals surface area contributed by atoms with Crippen molar-refractivity contribution in [3.05, 3.63) is 64.0 Å². The Balaban J connectivity index is 2.45. The molecule has 2 aromatic rings. The predicted octanol–water partition coefficient (Wildman–Crippen LogP) is 3.17. The zero-order valence-corrected chi connectivity index (χ0v) is 11.0. The monoisotopic (exact) mass is 291 g/mol. The fraction of sp³-hybridized carbons (Fsp3) is 0. The fourth-order valence-electron chi connectivity index (χ4n) is 1.61. The second-order valence-electron chi connectivity index (χ2n) is 3.88. The normalized spacial score (nSPS) is 10.2. The molecular weight excluding hydrogens is 281 g/mol. The van der Waals surface area contributed by atoms with Gasteiger partial charge in [0.05, 0.1) is 9.82 Å². The number of nitro groups is 1. The summed E-state index contributed by atoms with van der Waals surface area (Å²) in [5.74, 6) is -0.798. The zero-order chi connectivity index (χ0) is 14.7. The van der Waals surface area contributed by atoms with Crippen LogP contribution in [0.3, 0.4) is 0 Å². The molecule has 0 amide bonds. The van der Waals surface area contributed by atoms with Crippen LogP contribution in [0, 0.1) is 21.3 Å². The van der Waals surface area contributed by atoms with Crippen molar-refractivity contribution >= 4 is 23.3 Å². The SMILES string of the molecule is N=C(N)c1cc(F)ccc1Sc1ccccc1[N+](=O)[O-].